The van der Waals surface area contributed by atoms with Crippen LogP contribution in [0.15, 0.2) is 67.1 Å². The monoisotopic (exact) mass is 729 g/mol. The average Bonchev–Trinajstić information content (AvgIpc) is 3.68. The van der Waals surface area contributed by atoms with E-state index < -0.39 is 54.4 Å². The molecule has 4 atom stereocenters. The number of carbonyl (C=O) groups is 5. The summed E-state index contributed by atoms with van der Waals surface area (Å²) in [7, 11) is 0. The van der Waals surface area contributed by atoms with Crippen LogP contribution in [0.2, 0.25) is 0 Å². The summed E-state index contributed by atoms with van der Waals surface area (Å²) in [6, 6.07) is 11.9. The summed E-state index contributed by atoms with van der Waals surface area (Å²) in [5, 5.41) is 24.3. The van der Waals surface area contributed by atoms with Gasteiger partial charge in [0.05, 0.1) is 24.5 Å². The summed E-state index contributed by atoms with van der Waals surface area (Å²) in [4.78, 5) is 74.8. The van der Waals surface area contributed by atoms with Crippen molar-refractivity contribution in [1.82, 2.24) is 36.6 Å². The van der Waals surface area contributed by atoms with E-state index in [2.05, 4.69) is 36.6 Å². The van der Waals surface area contributed by atoms with Gasteiger partial charge in [0.25, 0.3) is 5.91 Å². The second kappa shape index (κ2) is 19.0. The molecule has 1 fully saturated rings. The highest BCUT2D eigenvalue weighted by Gasteiger charge is 2.35. The van der Waals surface area contributed by atoms with E-state index in [1.807, 2.05) is 37.3 Å². The molecule has 53 heavy (non-hydrogen) atoms. The maximum absolute atomic E-state index is 14.1. The van der Waals surface area contributed by atoms with E-state index in [0.29, 0.717) is 31.5 Å². The van der Waals surface area contributed by atoms with Crippen molar-refractivity contribution in [2.45, 2.75) is 95.3 Å². The molecule has 1 saturated carbocycles. The lowest BCUT2D eigenvalue weighted by Gasteiger charge is -2.32. The number of carbonyl (C=O) groups excluding carboxylic acids is 5. The summed E-state index contributed by atoms with van der Waals surface area (Å²) >= 11 is 0. The van der Waals surface area contributed by atoms with Crippen LogP contribution in [0.25, 0.3) is 0 Å². The number of hydrogen-bond donors (Lipinski definition) is 7. The minimum absolute atomic E-state index is 0.00386. The van der Waals surface area contributed by atoms with Crippen LogP contribution in [-0.4, -0.2) is 88.5 Å². The second-order valence-electron chi connectivity index (χ2n) is 14.2. The van der Waals surface area contributed by atoms with Crippen molar-refractivity contribution in [2.24, 2.45) is 5.41 Å². The quantitative estimate of drug-likeness (QED) is 0.145. The van der Waals surface area contributed by atoms with E-state index in [4.69, 9.17) is 4.74 Å². The lowest BCUT2D eigenvalue weighted by Crippen LogP contribution is -2.59. The molecule has 3 aromatic rings. The van der Waals surface area contributed by atoms with E-state index >= 15 is 0 Å². The summed E-state index contributed by atoms with van der Waals surface area (Å²) in [6.07, 6.45) is 9.68. The highest BCUT2D eigenvalue weighted by molar-refractivity contribution is 6.00. The maximum atomic E-state index is 14.1. The SMILES string of the molecule is CC1(C(=O)NCCCC[C@@H]2NC(=O)[C@H](Cc3cnc[nH]3)NC(=O)[C@H](CO)NC(=O)c3ccccc3OC[C@H](Cc3ccccc3)NC2=O)CCCCC1. The molecule has 0 spiro atoms. The molecule has 0 unspecified atom stereocenters. The van der Waals surface area contributed by atoms with Crippen molar-refractivity contribution in [1.29, 1.82) is 0 Å². The van der Waals surface area contributed by atoms with Crippen LogP contribution in [0.5, 0.6) is 5.75 Å². The summed E-state index contributed by atoms with van der Waals surface area (Å²) in [5.74, 6) is -2.26. The number of aliphatic hydroxyl groups excluding tert-OH is 1. The van der Waals surface area contributed by atoms with Crippen molar-refractivity contribution in [3.8, 4) is 5.75 Å². The van der Waals surface area contributed by atoms with Gasteiger partial charge in [0.15, 0.2) is 0 Å². The van der Waals surface area contributed by atoms with Gasteiger partial charge in [-0.25, -0.2) is 4.98 Å². The highest BCUT2D eigenvalue weighted by Crippen LogP contribution is 2.35. The lowest BCUT2D eigenvalue weighted by atomic mass is 9.75. The van der Waals surface area contributed by atoms with Crippen molar-refractivity contribution in [3.05, 3.63) is 83.9 Å². The zero-order valence-corrected chi connectivity index (χ0v) is 30.2. The standard InChI is InChI=1S/C39H51N7O7/c1-39(17-9-3-10-18-39)38(52)41-19-11-8-15-30-35(49)43-28(20-26-12-4-2-5-13-26)24-53-33-16-7-6-14-29(33)34(48)46-32(23-47)37(51)45-31(36(50)44-30)21-27-22-40-25-42-27/h2,4-7,12-14,16,22,25,28,30-32,47H,3,8-11,15,17-21,23-24H2,1H3,(H,40,42)(H,41,52)(H,43,49)(H,44,50)(H,45,51)(H,46,48)/t28-,30-,31-,32-/m0/s1. The molecule has 1 aliphatic carbocycles. The second-order valence-corrected chi connectivity index (χ2v) is 14.2. The molecule has 0 bridgehead atoms. The number of unbranched alkanes of at least 4 members (excludes halogenated alkanes) is 1. The molecule has 1 aliphatic heterocycles. The number of aromatic amines is 1. The van der Waals surface area contributed by atoms with Crippen molar-refractivity contribution >= 4 is 29.5 Å². The van der Waals surface area contributed by atoms with Crippen LogP contribution in [0.4, 0.5) is 0 Å². The largest absolute Gasteiger partial charge is 0.491 e. The van der Waals surface area contributed by atoms with E-state index in [9.17, 15) is 29.1 Å². The molecule has 1 aromatic heterocycles. The topological polar surface area (TPSA) is 204 Å². The Balaban J connectivity index is 1.39. The number of amides is 5. The Bertz CT molecular complexity index is 1680. The van der Waals surface area contributed by atoms with E-state index in [1.54, 1.807) is 18.2 Å². The Labute approximate surface area is 309 Å². The molecular weight excluding hydrogens is 678 g/mol. The van der Waals surface area contributed by atoms with Crippen LogP contribution in [-0.2, 0) is 32.0 Å². The van der Waals surface area contributed by atoms with Gasteiger partial charge in [0.2, 0.25) is 23.6 Å². The van der Waals surface area contributed by atoms with Gasteiger partial charge in [-0.2, -0.15) is 0 Å². The first-order valence-electron chi connectivity index (χ1n) is 18.5. The molecule has 7 N–H and O–H groups in total. The Morgan fingerprint density at radius 1 is 0.849 bits per heavy atom. The number of ether oxygens (including phenoxy) is 1. The van der Waals surface area contributed by atoms with Gasteiger partial charge in [-0.05, 0) is 56.2 Å². The van der Waals surface area contributed by atoms with Gasteiger partial charge in [0.1, 0.15) is 30.5 Å². The number of aromatic nitrogens is 2. The molecular formula is C39H51N7O7. The zero-order valence-electron chi connectivity index (χ0n) is 30.2. The summed E-state index contributed by atoms with van der Waals surface area (Å²) in [5.41, 5.74) is 1.25. The van der Waals surface area contributed by atoms with Crippen LogP contribution in [0.1, 0.15) is 79.9 Å². The van der Waals surface area contributed by atoms with Gasteiger partial charge >= 0.3 is 0 Å². The first-order chi connectivity index (χ1) is 25.6. The fourth-order valence-corrected chi connectivity index (χ4v) is 6.84. The molecule has 2 aromatic carbocycles. The van der Waals surface area contributed by atoms with Gasteiger partial charge in [0, 0.05) is 30.3 Å². The summed E-state index contributed by atoms with van der Waals surface area (Å²) < 4.78 is 6.14. The Kier molecular flexibility index (Phi) is 14.0. The van der Waals surface area contributed by atoms with Crippen LogP contribution in [0, 0.1) is 5.41 Å². The fourth-order valence-electron chi connectivity index (χ4n) is 6.84. The maximum Gasteiger partial charge on any atom is 0.255 e. The first kappa shape index (κ1) is 39.0. The fraction of sp³-hybridized carbons (Fsp3) is 0.487. The Morgan fingerprint density at radius 2 is 1.55 bits per heavy atom. The first-order valence-corrected chi connectivity index (χ1v) is 18.5. The van der Waals surface area contributed by atoms with Crippen LogP contribution < -0.4 is 31.3 Å². The van der Waals surface area contributed by atoms with Crippen molar-refractivity contribution in [3.63, 3.8) is 0 Å². The average molecular weight is 730 g/mol. The summed E-state index contributed by atoms with van der Waals surface area (Å²) in [6.45, 7) is 1.71. The van der Waals surface area contributed by atoms with Gasteiger partial charge in [-0.15, -0.1) is 0 Å². The van der Waals surface area contributed by atoms with E-state index in [0.717, 1.165) is 37.7 Å². The third-order valence-electron chi connectivity index (χ3n) is 10.0. The number of H-pyrrole nitrogens is 1. The number of aliphatic hydroxyl groups is 1. The normalized spacial score (nSPS) is 22.6. The molecule has 0 radical (unpaired) electrons. The van der Waals surface area contributed by atoms with E-state index in [1.165, 1.54) is 18.6 Å². The molecule has 5 amide bonds. The van der Waals surface area contributed by atoms with E-state index in [-0.39, 0.29) is 42.1 Å². The van der Waals surface area contributed by atoms with Crippen molar-refractivity contribution in [2.75, 3.05) is 19.8 Å². The number of nitrogens with one attached hydrogen (secondary N) is 6. The number of rotatable bonds is 11. The molecule has 0 saturated heterocycles. The van der Waals surface area contributed by atoms with Gasteiger partial charge in [-0.3, -0.25) is 24.0 Å². The zero-order chi connectivity index (χ0) is 37.6. The molecule has 14 heteroatoms. The third-order valence-corrected chi connectivity index (χ3v) is 10.0. The Morgan fingerprint density at radius 3 is 2.28 bits per heavy atom. The highest BCUT2D eigenvalue weighted by atomic mass is 16.5. The number of para-hydroxylation sites is 1. The van der Waals surface area contributed by atoms with Crippen molar-refractivity contribution < 1.29 is 33.8 Å². The number of benzene rings is 2. The minimum atomic E-state index is -1.39. The number of imidazole rings is 1. The minimum Gasteiger partial charge on any atom is -0.491 e. The number of nitrogens with zero attached hydrogens (tertiary/aromatic N) is 1. The lowest BCUT2D eigenvalue weighted by molar-refractivity contribution is -0.133. The predicted molar refractivity (Wildman–Crippen MR) is 197 cm³/mol. The third kappa shape index (κ3) is 11.1. The van der Waals surface area contributed by atoms with Crippen LogP contribution in [0.3, 0.4) is 0 Å². The smallest absolute Gasteiger partial charge is 0.255 e. The number of hydrogen-bond acceptors (Lipinski definition) is 8. The molecule has 2 aliphatic rings. The Hall–Kier alpha value is -5.24. The molecule has 284 valence electrons. The number of fused-ring (bicyclic) bond motifs is 1. The molecule has 5 rings (SSSR count). The molecule has 2 heterocycles. The molecule has 14 nitrogen and oxygen atoms in total. The van der Waals surface area contributed by atoms with Crippen LogP contribution >= 0.6 is 0 Å². The predicted octanol–water partition coefficient (Wildman–Crippen LogP) is 2.09. The van der Waals surface area contributed by atoms with Gasteiger partial charge in [-0.1, -0.05) is 68.7 Å². The van der Waals surface area contributed by atoms with Gasteiger partial charge < -0.3 is 41.4 Å².